The molecule has 2 rings (SSSR count). The lowest BCUT2D eigenvalue weighted by molar-refractivity contribution is -0.150. The summed E-state index contributed by atoms with van der Waals surface area (Å²) in [4.78, 5) is 13.4. The molecule has 0 saturated carbocycles. The van der Waals surface area contributed by atoms with Crippen molar-refractivity contribution in [3.05, 3.63) is 30.1 Å². The number of hydrogen-bond acceptors (Lipinski definition) is 3. The van der Waals surface area contributed by atoms with E-state index in [0.29, 0.717) is 6.54 Å². The molecule has 1 unspecified atom stereocenters. The van der Waals surface area contributed by atoms with E-state index in [1.165, 1.54) is 6.07 Å². The van der Waals surface area contributed by atoms with E-state index in [4.69, 9.17) is 4.74 Å². The van der Waals surface area contributed by atoms with Crippen molar-refractivity contribution in [2.45, 2.75) is 32.7 Å². The van der Waals surface area contributed by atoms with Crippen molar-refractivity contribution in [3.8, 4) is 5.75 Å². The Bertz CT molecular complexity index is 504. The number of halogens is 1. The second-order valence-electron chi connectivity index (χ2n) is 6.15. The lowest BCUT2D eigenvalue weighted by Crippen LogP contribution is -2.55. The van der Waals surface area contributed by atoms with Crippen molar-refractivity contribution < 1.29 is 19.0 Å². The van der Waals surface area contributed by atoms with Crippen molar-refractivity contribution in [1.29, 1.82) is 0 Å². The summed E-state index contributed by atoms with van der Waals surface area (Å²) in [5, 5.41) is 9.46. The van der Waals surface area contributed by atoms with Gasteiger partial charge in [0.2, 0.25) is 0 Å². The normalized spacial score (nSPS) is 22.0. The lowest BCUT2D eigenvalue weighted by atomic mass is 9.76. The van der Waals surface area contributed by atoms with Crippen LogP contribution in [0.2, 0.25) is 0 Å². The first kappa shape index (κ1) is 15.8. The minimum absolute atomic E-state index is 0.209. The lowest BCUT2D eigenvalue weighted by Gasteiger charge is -2.43. The van der Waals surface area contributed by atoms with Gasteiger partial charge >= 0.3 is 5.97 Å². The molecule has 4 nitrogen and oxygen atoms in total. The van der Waals surface area contributed by atoms with Gasteiger partial charge in [0.15, 0.2) is 11.6 Å². The second kappa shape index (κ2) is 6.43. The number of para-hydroxylation sites is 1. The maximum atomic E-state index is 13.5. The minimum atomic E-state index is -0.800. The first-order valence-corrected chi connectivity index (χ1v) is 7.26. The number of carboxylic acids is 1. The second-order valence-corrected chi connectivity index (χ2v) is 6.15. The van der Waals surface area contributed by atoms with E-state index < -0.39 is 17.8 Å². The zero-order valence-electron chi connectivity index (χ0n) is 12.5. The molecule has 1 aromatic carbocycles. The summed E-state index contributed by atoms with van der Waals surface area (Å²) in [6.45, 7) is 5.46. The highest BCUT2D eigenvalue weighted by Gasteiger charge is 2.42. The monoisotopic (exact) mass is 295 g/mol. The van der Waals surface area contributed by atoms with Crippen molar-refractivity contribution in [1.82, 2.24) is 4.90 Å². The number of piperidine rings is 1. The van der Waals surface area contributed by atoms with E-state index in [0.717, 1.165) is 19.4 Å². The molecule has 0 spiro atoms. The van der Waals surface area contributed by atoms with Crippen LogP contribution in [0.4, 0.5) is 4.39 Å². The standard InChI is InChI=1S/C16H22FNO3/c1-16(2)8-5-9-18(14(16)15(19)20)10-11-21-13-7-4-3-6-12(13)17/h3-4,6-7,14H,5,8-11H2,1-2H3,(H,19,20). The van der Waals surface area contributed by atoms with Crippen molar-refractivity contribution >= 4 is 5.97 Å². The highest BCUT2D eigenvalue weighted by atomic mass is 19.1. The third kappa shape index (κ3) is 3.73. The molecule has 0 bridgehead atoms. The van der Waals surface area contributed by atoms with Crippen LogP contribution in [-0.2, 0) is 4.79 Å². The predicted octanol–water partition coefficient (Wildman–Crippen LogP) is 2.78. The zero-order valence-corrected chi connectivity index (χ0v) is 12.5. The first-order chi connectivity index (χ1) is 9.92. The molecule has 0 amide bonds. The van der Waals surface area contributed by atoms with Gasteiger partial charge in [-0.05, 0) is 36.9 Å². The van der Waals surface area contributed by atoms with E-state index >= 15 is 0 Å². The summed E-state index contributed by atoms with van der Waals surface area (Å²) in [6.07, 6.45) is 1.87. The van der Waals surface area contributed by atoms with Gasteiger partial charge in [-0.15, -0.1) is 0 Å². The molecule has 1 atom stereocenters. The molecule has 1 aliphatic rings. The van der Waals surface area contributed by atoms with Gasteiger partial charge in [0.25, 0.3) is 0 Å². The zero-order chi connectivity index (χ0) is 15.5. The van der Waals surface area contributed by atoms with Gasteiger partial charge in [-0.1, -0.05) is 26.0 Å². The Morgan fingerprint density at radius 2 is 2.19 bits per heavy atom. The SMILES string of the molecule is CC1(C)CCCN(CCOc2ccccc2F)C1C(=O)O. The van der Waals surface area contributed by atoms with Gasteiger partial charge in [-0.3, -0.25) is 9.69 Å². The summed E-state index contributed by atoms with van der Waals surface area (Å²) in [7, 11) is 0. The Kier molecular flexibility index (Phi) is 4.83. The number of rotatable bonds is 5. The summed E-state index contributed by atoms with van der Waals surface area (Å²) < 4.78 is 18.9. The van der Waals surface area contributed by atoms with E-state index in [1.54, 1.807) is 18.2 Å². The van der Waals surface area contributed by atoms with Crippen LogP contribution in [0, 0.1) is 11.2 Å². The molecule has 1 aliphatic heterocycles. The molecule has 1 aromatic rings. The summed E-state index contributed by atoms with van der Waals surface area (Å²) in [5.74, 6) is -0.988. The number of likely N-dealkylation sites (tertiary alicyclic amines) is 1. The topological polar surface area (TPSA) is 49.8 Å². The Morgan fingerprint density at radius 3 is 2.86 bits per heavy atom. The fourth-order valence-electron chi connectivity index (χ4n) is 3.06. The molecule has 0 aliphatic carbocycles. The molecule has 116 valence electrons. The van der Waals surface area contributed by atoms with Crippen molar-refractivity contribution in [3.63, 3.8) is 0 Å². The molecule has 1 N–H and O–H groups in total. The quantitative estimate of drug-likeness (QED) is 0.907. The van der Waals surface area contributed by atoms with Crippen LogP contribution in [0.25, 0.3) is 0 Å². The molecular weight excluding hydrogens is 273 g/mol. The van der Waals surface area contributed by atoms with Crippen LogP contribution in [0.1, 0.15) is 26.7 Å². The van der Waals surface area contributed by atoms with Gasteiger partial charge in [0.05, 0.1) is 0 Å². The Labute approximate surface area is 124 Å². The van der Waals surface area contributed by atoms with Crippen LogP contribution >= 0.6 is 0 Å². The highest BCUT2D eigenvalue weighted by Crippen LogP contribution is 2.35. The van der Waals surface area contributed by atoms with E-state index in [2.05, 4.69) is 0 Å². The van der Waals surface area contributed by atoms with Gasteiger partial charge in [0, 0.05) is 6.54 Å². The third-order valence-corrected chi connectivity index (χ3v) is 4.08. The third-order valence-electron chi connectivity index (χ3n) is 4.08. The molecule has 21 heavy (non-hydrogen) atoms. The molecule has 0 radical (unpaired) electrons. The fraction of sp³-hybridized carbons (Fsp3) is 0.562. The highest BCUT2D eigenvalue weighted by molar-refractivity contribution is 5.74. The van der Waals surface area contributed by atoms with Gasteiger partial charge in [-0.25, -0.2) is 4.39 Å². The smallest absolute Gasteiger partial charge is 0.321 e. The van der Waals surface area contributed by atoms with Gasteiger partial charge in [-0.2, -0.15) is 0 Å². The maximum Gasteiger partial charge on any atom is 0.321 e. The fourth-order valence-corrected chi connectivity index (χ4v) is 3.06. The largest absolute Gasteiger partial charge is 0.489 e. The number of hydrogen-bond donors (Lipinski definition) is 1. The number of nitrogens with zero attached hydrogens (tertiary/aromatic N) is 1. The van der Waals surface area contributed by atoms with Gasteiger partial charge in [0.1, 0.15) is 12.6 Å². The molecule has 0 aromatic heterocycles. The maximum absolute atomic E-state index is 13.5. The van der Waals surface area contributed by atoms with Crippen LogP contribution in [-0.4, -0.2) is 41.7 Å². The van der Waals surface area contributed by atoms with E-state index in [9.17, 15) is 14.3 Å². The number of benzene rings is 1. The average molecular weight is 295 g/mol. The van der Waals surface area contributed by atoms with Gasteiger partial charge < -0.3 is 9.84 Å². The van der Waals surface area contributed by atoms with Crippen LogP contribution in [0.3, 0.4) is 0 Å². The van der Waals surface area contributed by atoms with Crippen LogP contribution in [0.15, 0.2) is 24.3 Å². The molecule has 5 heteroatoms. The molecule has 1 heterocycles. The van der Waals surface area contributed by atoms with Crippen molar-refractivity contribution in [2.75, 3.05) is 19.7 Å². The molecule has 1 saturated heterocycles. The van der Waals surface area contributed by atoms with Crippen LogP contribution in [0.5, 0.6) is 5.75 Å². The summed E-state index contributed by atoms with van der Waals surface area (Å²) in [6, 6.07) is 5.72. The summed E-state index contributed by atoms with van der Waals surface area (Å²) in [5.41, 5.74) is -0.262. The first-order valence-electron chi connectivity index (χ1n) is 7.26. The minimum Gasteiger partial charge on any atom is -0.489 e. The number of carboxylic acid groups (broad SMARTS) is 1. The number of aliphatic carboxylic acids is 1. The Morgan fingerprint density at radius 1 is 1.48 bits per heavy atom. The Balaban J connectivity index is 1.95. The molecule has 1 fully saturated rings. The Hall–Kier alpha value is -1.62. The van der Waals surface area contributed by atoms with Crippen LogP contribution < -0.4 is 4.74 Å². The average Bonchev–Trinajstić information content (AvgIpc) is 2.39. The van der Waals surface area contributed by atoms with E-state index in [-0.39, 0.29) is 17.8 Å². The molecular formula is C16H22FNO3. The van der Waals surface area contributed by atoms with Crippen molar-refractivity contribution in [2.24, 2.45) is 5.41 Å². The number of ether oxygens (including phenoxy) is 1. The number of carbonyl (C=O) groups is 1. The predicted molar refractivity (Wildman–Crippen MR) is 77.9 cm³/mol. The van der Waals surface area contributed by atoms with E-state index in [1.807, 2.05) is 18.7 Å². The summed E-state index contributed by atoms with van der Waals surface area (Å²) >= 11 is 0.